The van der Waals surface area contributed by atoms with E-state index in [1.807, 2.05) is 6.07 Å². The summed E-state index contributed by atoms with van der Waals surface area (Å²) in [6.45, 7) is 4.12. The van der Waals surface area contributed by atoms with Crippen LogP contribution in [-0.4, -0.2) is 21.0 Å². The minimum atomic E-state index is -0.934. The standard InChI is InChI=1S/C16H15N3O2/c1-9-7-13-14(8-10(9)2)19-16(18-13)17-12-5-3-11(4-6-12)15(20)21/h3-8H,1-2H3,(H,20,21)(H2,17,18,19). The molecule has 0 aliphatic carbocycles. The topological polar surface area (TPSA) is 78.0 Å². The molecule has 0 aliphatic rings. The van der Waals surface area contributed by atoms with Gasteiger partial charge in [0.15, 0.2) is 0 Å². The van der Waals surface area contributed by atoms with E-state index in [0.29, 0.717) is 5.95 Å². The van der Waals surface area contributed by atoms with Crippen LogP contribution < -0.4 is 5.32 Å². The third-order valence-electron chi connectivity index (χ3n) is 3.49. The minimum absolute atomic E-state index is 0.261. The van der Waals surface area contributed by atoms with Crippen LogP contribution in [0.15, 0.2) is 36.4 Å². The molecule has 5 heteroatoms. The number of fused-ring (bicyclic) bond motifs is 1. The van der Waals surface area contributed by atoms with E-state index in [1.54, 1.807) is 24.3 Å². The highest BCUT2D eigenvalue weighted by Gasteiger charge is 2.06. The van der Waals surface area contributed by atoms with Gasteiger partial charge < -0.3 is 15.4 Å². The van der Waals surface area contributed by atoms with E-state index in [-0.39, 0.29) is 5.56 Å². The maximum Gasteiger partial charge on any atom is 0.335 e. The van der Waals surface area contributed by atoms with E-state index in [1.165, 1.54) is 11.1 Å². The average molecular weight is 281 g/mol. The summed E-state index contributed by atoms with van der Waals surface area (Å²) in [4.78, 5) is 18.5. The Morgan fingerprint density at radius 1 is 1.14 bits per heavy atom. The second-order valence-corrected chi connectivity index (χ2v) is 5.05. The molecule has 1 heterocycles. The predicted molar refractivity (Wildman–Crippen MR) is 82.3 cm³/mol. The number of anilines is 2. The number of nitrogens with zero attached hydrogens (tertiary/aromatic N) is 1. The second kappa shape index (κ2) is 4.94. The maximum absolute atomic E-state index is 10.8. The number of aryl methyl sites for hydroxylation is 2. The molecule has 0 aliphatic heterocycles. The Morgan fingerprint density at radius 2 is 1.81 bits per heavy atom. The first kappa shape index (κ1) is 13.2. The molecular weight excluding hydrogens is 266 g/mol. The molecule has 106 valence electrons. The van der Waals surface area contributed by atoms with Gasteiger partial charge in [-0.15, -0.1) is 0 Å². The summed E-state index contributed by atoms with van der Waals surface area (Å²) in [7, 11) is 0. The van der Waals surface area contributed by atoms with Crippen molar-refractivity contribution in [1.82, 2.24) is 9.97 Å². The van der Waals surface area contributed by atoms with Gasteiger partial charge in [-0.3, -0.25) is 0 Å². The number of hydrogen-bond acceptors (Lipinski definition) is 3. The van der Waals surface area contributed by atoms with Crippen molar-refractivity contribution in [2.75, 3.05) is 5.32 Å². The van der Waals surface area contributed by atoms with Gasteiger partial charge in [-0.25, -0.2) is 9.78 Å². The van der Waals surface area contributed by atoms with Gasteiger partial charge in [0.05, 0.1) is 16.6 Å². The molecule has 0 unspecified atom stereocenters. The summed E-state index contributed by atoms with van der Waals surface area (Å²) >= 11 is 0. The number of carboxylic acids is 1. The number of carbonyl (C=O) groups is 1. The molecule has 0 fully saturated rings. The minimum Gasteiger partial charge on any atom is -0.478 e. The van der Waals surface area contributed by atoms with Gasteiger partial charge >= 0.3 is 5.97 Å². The Balaban J connectivity index is 1.89. The molecule has 0 atom stereocenters. The molecule has 1 aromatic heterocycles. The molecule has 2 aromatic carbocycles. The van der Waals surface area contributed by atoms with Crippen molar-refractivity contribution >= 4 is 28.6 Å². The summed E-state index contributed by atoms with van der Waals surface area (Å²) < 4.78 is 0. The van der Waals surface area contributed by atoms with Crippen molar-refractivity contribution in [3.05, 3.63) is 53.1 Å². The molecule has 0 spiro atoms. The first-order valence-electron chi connectivity index (χ1n) is 6.60. The van der Waals surface area contributed by atoms with Crippen LogP contribution in [0, 0.1) is 13.8 Å². The quantitative estimate of drug-likeness (QED) is 0.685. The number of carboxylic acid groups (broad SMARTS) is 1. The van der Waals surface area contributed by atoms with Gasteiger partial charge in [-0.05, 0) is 61.4 Å². The van der Waals surface area contributed by atoms with Gasteiger partial charge in [0.1, 0.15) is 0 Å². The van der Waals surface area contributed by atoms with Crippen molar-refractivity contribution in [2.24, 2.45) is 0 Å². The van der Waals surface area contributed by atoms with Gasteiger partial charge in [-0.2, -0.15) is 0 Å². The Hall–Kier alpha value is -2.82. The number of rotatable bonds is 3. The normalized spacial score (nSPS) is 10.8. The van der Waals surface area contributed by atoms with Crippen LogP contribution in [0.3, 0.4) is 0 Å². The zero-order valence-electron chi connectivity index (χ0n) is 11.8. The van der Waals surface area contributed by atoms with Gasteiger partial charge in [0, 0.05) is 5.69 Å². The van der Waals surface area contributed by atoms with E-state index in [0.717, 1.165) is 16.7 Å². The summed E-state index contributed by atoms with van der Waals surface area (Å²) in [5, 5.41) is 12.0. The summed E-state index contributed by atoms with van der Waals surface area (Å²) in [6.07, 6.45) is 0. The summed E-state index contributed by atoms with van der Waals surface area (Å²) in [5.41, 5.74) is 5.34. The molecule has 3 N–H and O–H groups in total. The predicted octanol–water partition coefficient (Wildman–Crippen LogP) is 3.62. The van der Waals surface area contributed by atoms with Crippen LogP contribution in [0.5, 0.6) is 0 Å². The van der Waals surface area contributed by atoms with Crippen LogP contribution in [0.1, 0.15) is 21.5 Å². The van der Waals surface area contributed by atoms with Gasteiger partial charge in [-0.1, -0.05) is 0 Å². The van der Waals surface area contributed by atoms with Gasteiger partial charge in [0.2, 0.25) is 5.95 Å². The molecule has 0 bridgehead atoms. The number of hydrogen-bond donors (Lipinski definition) is 3. The Labute approximate surface area is 121 Å². The third kappa shape index (κ3) is 2.58. The van der Waals surface area contributed by atoms with Crippen molar-refractivity contribution in [3.8, 4) is 0 Å². The fourth-order valence-electron chi connectivity index (χ4n) is 2.16. The van der Waals surface area contributed by atoms with E-state index in [9.17, 15) is 4.79 Å². The van der Waals surface area contributed by atoms with E-state index >= 15 is 0 Å². The number of imidazole rings is 1. The zero-order valence-corrected chi connectivity index (χ0v) is 11.8. The molecule has 0 radical (unpaired) electrons. The SMILES string of the molecule is Cc1cc2nc(Nc3ccc(C(=O)O)cc3)[nH]c2cc1C. The fraction of sp³-hybridized carbons (Fsp3) is 0.125. The number of aromatic carboxylic acids is 1. The number of H-pyrrole nitrogens is 1. The van der Waals surface area contributed by atoms with Crippen LogP contribution in [-0.2, 0) is 0 Å². The highest BCUT2D eigenvalue weighted by atomic mass is 16.4. The molecular formula is C16H15N3O2. The van der Waals surface area contributed by atoms with E-state index in [2.05, 4.69) is 35.2 Å². The van der Waals surface area contributed by atoms with Crippen molar-refractivity contribution in [3.63, 3.8) is 0 Å². The maximum atomic E-state index is 10.8. The number of benzene rings is 2. The van der Waals surface area contributed by atoms with Crippen LogP contribution in [0.4, 0.5) is 11.6 Å². The molecule has 21 heavy (non-hydrogen) atoms. The Morgan fingerprint density at radius 3 is 2.48 bits per heavy atom. The van der Waals surface area contributed by atoms with Crippen LogP contribution in [0.2, 0.25) is 0 Å². The second-order valence-electron chi connectivity index (χ2n) is 5.05. The van der Waals surface area contributed by atoms with E-state index in [4.69, 9.17) is 5.11 Å². The third-order valence-corrected chi connectivity index (χ3v) is 3.49. The lowest BCUT2D eigenvalue weighted by Crippen LogP contribution is -1.97. The number of aromatic amines is 1. The highest BCUT2D eigenvalue weighted by Crippen LogP contribution is 2.21. The highest BCUT2D eigenvalue weighted by molar-refractivity contribution is 5.88. The zero-order chi connectivity index (χ0) is 15.0. The molecule has 3 aromatic rings. The van der Waals surface area contributed by atoms with Crippen molar-refractivity contribution < 1.29 is 9.90 Å². The lowest BCUT2D eigenvalue weighted by atomic mass is 10.1. The fourth-order valence-corrected chi connectivity index (χ4v) is 2.16. The molecule has 3 rings (SSSR count). The smallest absolute Gasteiger partial charge is 0.335 e. The number of aromatic nitrogens is 2. The van der Waals surface area contributed by atoms with Gasteiger partial charge in [0.25, 0.3) is 0 Å². The molecule has 0 amide bonds. The Kier molecular flexibility index (Phi) is 3.10. The molecule has 0 saturated carbocycles. The first-order valence-corrected chi connectivity index (χ1v) is 6.60. The van der Waals surface area contributed by atoms with Crippen LogP contribution in [0.25, 0.3) is 11.0 Å². The van der Waals surface area contributed by atoms with Crippen LogP contribution >= 0.6 is 0 Å². The molecule has 5 nitrogen and oxygen atoms in total. The molecule has 0 saturated heterocycles. The largest absolute Gasteiger partial charge is 0.478 e. The van der Waals surface area contributed by atoms with Crippen molar-refractivity contribution in [1.29, 1.82) is 0 Å². The summed E-state index contributed by atoms with van der Waals surface area (Å²) in [5.74, 6) is -0.297. The average Bonchev–Trinajstić information content (AvgIpc) is 2.81. The lowest BCUT2D eigenvalue weighted by Gasteiger charge is -2.02. The monoisotopic (exact) mass is 281 g/mol. The van der Waals surface area contributed by atoms with E-state index < -0.39 is 5.97 Å². The number of nitrogens with one attached hydrogen (secondary N) is 2. The Bertz CT molecular complexity index is 780. The first-order chi connectivity index (χ1) is 10.0. The lowest BCUT2D eigenvalue weighted by molar-refractivity contribution is 0.0697. The van der Waals surface area contributed by atoms with Crippen molar-refractivity contribution in [2.45, 2.75) is 13.8 Å². The summed E-state index contributed by atoms with van der Waals surface area (Å²) in [6, 6.07) is 10.7.